The van der Waals surface area contributed by atoms with E-state index in [-0.39, 0.29) is 17.6 Å². The van der Waals surface area contributed by atoms with Gasteiger partial charge in [-0.15, -0.1) is 0 Å². The van der Waals surface area contributed by atoms with Gasteiger partial charge in [0, 0.05) is 28.4 Å². The molecule has 1 aliphatic rings. The Morgan fingerprint density at radius 2 is 2.04 bits per heavy atom. The Morgan fingerprint density at radius 1 is 1.25 bits per heavy atom. The van der Waals surface area contributed by atoms with E-state index in [1.165, 1.54) is 0 Å². The van der Waals surface area contributed by atoms with E-state index >= 15 is 0 Å². The summed E-state index contributed by atoms with van der Waals surface area (Å²) in [7, 11) is 1.71. The number of carbonyl (C=O) groups is 2. The third kappa shape index (κ3) is 3.33. The Morgan fingerprint density at radius 3 is 2.79 bits per heavy atom. The summed E-state index contributed by atoms with van der Waals surface area (Å²) in [5, 5.41) is 19.9. The summed E-state index contributed by atoms with van der Waals surface area (Å²) in [6.07, 6.45) is 3.81. The molecule has 1 atom stereocenters. The van der Waals surface area contributed by atoms with Crippen LogP contribution >= 0.6 is 0 Å². The fourth-order valence-corrected chi connectivity index (χ4v) is 3.29. The van der Waals surface area contributed by atoms with Crippen molar-refractivity contribution >= 4 is 34.6 Å². The highest BCUT2D eigenvalue weighted by Crippen LogP contribution is 2.27. The highest BCUT2D eigenvalue weighted by Gasteiger charge is 2.21. The molecule has 5 N–H and O–H groups in total. The second kappa shape index (κ2) is 7.16. The van der Waals surface area contributed by atoms with Gasteiger partial charge in [-0.05, 0) is 43.3 Å². The third-order valence-electron chi connectivity index (χ3n) is 4.73. The first kappa shape index (κ1) is 17.7. The number of nitrogens with one attached hydrogen (secondary N) is 4. The Kier molecular flexibility index (Phi) is 4.54. The minimum Gasteiger partial charge on any atom is -0.508 e. The molecule has 0 unspecified atom stereocenters. The molecule has 0 fully saturated rings. The van der Waals surface area contributed by atoms with E-state index in [1.807, 2.05) is 0 Å². The minimum atomic E-state index is -0.476. The molecular formula is C20H19N5O3. The Hall–Kier alpha value is -3.65. The van der Waals surface area contributed by atoms with E-state index in [0.717, 1.165) is 22.0 Å². The predicted octanol–water partition coefficient (Wildman–Crippen LogP) is 1.72. The number of phenolic OH excluding ortho intramolecular Hbond substituents is 1. The molecule has 0 saturated carbocycles. The molecule has 28 heavy (non-hydrogen) atoms. The van der Waals surface area contributed by atoms with Crippen LogP contribution in [-0.4, -0.2) is 41.2 Å². The maximum absolute atomic E-state index is 12.8. The summed E-state index contributed by atoms with van der Waals surface area (Å²) in [6, 6.07) is 9.69. The van der Waals surface area contributed by atoms with E-state index in [1.54, 1.807) is 55.9 Å². The maximum Gasteiger partial charge on any atom is 0.272 e. The number of carbonyl (C=O) groups excluding carboxylic acids is 2. The summed E-state index contributed by atoms with van der Waals surface area (Å²) < 4.78 is 0. The van der Waals surface area contributed by atoms with Crippen molar-refractivity contribution in [3.63, 3.8) is 0 Å². The van der Waals surface area contributed by atoms with E-state index in [0.29, 0.717) is 17.7 Å². The summed E-state index contributed by atoms with van der Waals surface area (Å²) in [5.41, 5.74) is 5.89. The van der Waals surface area contributed by atoms with Gasteiger partial charge in [0.15, 0.2) is 0 Å². The number of hydrogen-bond donors (Lipinski definition) is 5. The zero-order valence-electron chi connectivity index (χ0n) is 15.1. The normalized spacial score (nSPS) is 13.8. The molecule has 0 aliphatic carbocycles. The Bertz CT molecular complexity index is 1090. The topological polar surface area (TPSA) is 119 Å². The van der Waals surface area contributed by atoms with Crippen LogP contribution in [0.1, 0.15) is 21.5 Å². The van der Waals surface area contributed by atoms with Crippen LogP contribution < -0.4 is 16.1 Å². The molecule has 8 heteroatoms. The van der Waals surface area contributed by atoms with Gasteiger partial charge in [-0.2, -0.15) is 5.10 Å². The molecule has 8 nitrogen and oxygen atoms in total. The van der Waals surface area contributed by atoms with Crippen molar-refractivity contribution in [3.8, 4) is 5.75 Å². The molecule has 0 bridgehead atoms. The van der Waals surface area contributed by atoms with Crippen molar-refractivity contribution < 1.29 is 14.7 Å². The zero-order chi connectivity index (χ0) is 19.7. The fraction of sp³-hybridized carbons (Fsp3) is 0.150. The van der Waals surface area contributed by atoms with E-state index in [4.69, 9.17) is 0 Å². The van der Waals surface area contributed by atoms with Crippen LogP contribution in [0.5, 0.6) is 5.75 Å². The first-order valence-corrected chi connectivity index (χ1v) is 8.79. The minimum absolute atomic E-state index is 0.181. The number of hydrogen-bond acceptors (Lipinski definition) is 5. The molecule has 1 aromatic heterocycles. The number of aromatic hydroxyl groups is 1. The van der Waals surface area contributed by atoms with Crippen LogP contribution in [0.15, 0.2) is 47.7 Å². The van der Waals surface area contributed by atoms with Crippen molar-refractivity contribution in [2.45, 2.75) is 12.5 Å². The number of phenols is 1. The maximum atomic E-state index is 12.8. The van der Waals surface area contributed by atoms with Crippen LogP contribution in [0.4, 0.5) is 5.69 Å². The predicted molar refractivity (Wildman–Crippen MR) is 107 cm³/mol. The largest absolute Gasteiger partial charge is 0.508 e. The molecular weight excluding hydrogens is 358 g/mol. The van der Waals surface area contributed by atoms with Gasteiger partial charge in [0.05, 0.1) is 17.8 Å². The average Bonchev–Trinajstić information content (AvgIpc) is 3.01. The van der Waals surface area contributed by atoms with Crippen LogP contribution in [-0.2, 0) is 11.2 Å². The molecule has 142 valence electrons. The number of aromatic amines is 1. The van der Waals surface area contributed by atoms with Gasteiger partial charge in [-0.1, -0.05) is 12.1 Å². The summed E-state index contributed by atoms with van der Waals surface area (Å²) >= 11 is 0. The molecule has 0 spiro atoms. The quantitative estimate of drug-likeness (QED) is 0.465. The molecule has 2 heterocycles. The van der Waals surface area contributed by atoms with Gasteiger partial charge in [-0.3, -0.25) is 9.59 Å². The van der Waals surface area contributed by atoms with Crippen LogP contribution in [0, 0.1) is 0 Å². The van der Waals surface area contributed by atoms with E-state index in [2.05, 4.69) is 26.1 Å². The summed E-state index contributed by atoms with van der Waals surface area (Å²) in [5.74, 6) is -0.371. The number of likely N-dealkylation sites (N-methyl/N-ethyl adjacent to an activating group) is 1. The molecule has 2 aromatic carbocycles. The number of rotatable bonds is 5. The average molecular weight is 377 g/mol. The molecule has 1 aliphatic heterocycles. The van der Waals surface area contributed by atoms with Crippen molar-refractivity contribution in [1.82, 2.24) is 15.7 Å². The van der Waals surface area contributed by atoms with Gasteiger partial charge in [-0.25, -0.2) is 5.43 Å². The number of nitrogens with zero attached hydrogens (tertiary/aromatic N) is 1. The first-order chi connectivity index (χ1) is 13.5. The lowest BCUT2D eigenvalue weighted by molar-refractivity contribution is -0.118. The van der Waals surface area contributed by atoms with Gasteiger partial charge < -0.3 is 20.7 Å². The molecule has 2 amide bonds. The molecule has 0 saturated heterocycles. The van der Waals surface area contributed by atoms with Crippen LogP contribution in [0.25, 0.3) is 10.9 Å². The van der Waals surface area contributed by atoms with Gasteiger partial charge in [0.25, 0.3) is 5.91 Å². The second-order valence-corrected chi connectivity index (χ2v) is 6.59. The monoisotopic (exact) mass is 377 g/mol. The SMILES string of the molecule is CN[C@H](Cc1ccc(O)cc1)C(=O)Nc1cc2c3c(c[nH]c3c1)C=NNC2=O. The first-order valence-electron chi connectivity index (χ1n) is 8.79. The number of anilines is 1. The number of amides is 2. The summed E-state index contributed by atoms with van der Waals surface area (Å²) in [6.45, 7) is 0. The zero-order valence-corrected chi connectivity index (χ0v) is 15.1. The third-order valence-corrected chi connectivity index (χ3v) is 4.73. The lowest BCUT2D eigenvalue weighted by atomic mass is 10.0. The molecule has 4 rings (SSSR count). The highest BCUT2D eigenvalue weighted by atomic mass is 16.3. The summed E-state index contributed by atoms with van der Waals surface area (Å²) in [4.78, 5) is 28.2. The number of aromatic nitrogens is 1. The van der Waals surface area contributed by atoms with Crippen molar-refractivity contribution in [2.75, 3.05) is 12.4 Å². The van der Waals surface area contributed by atoms with Crippen LogP contribution in [0.2, 0.25) is 0 Å². The second-order valence-electron chi connectivity index (χ2n) is 6.59. The lowest BCUT2D eigenvalue weighted by Gasteiger charge is -2.17. The number of benzene rings is 2. The van der Waals surface area contributed by atoms with E-state index in [9.17, 15) is 14.7 Å². The van der Waals surface area contributed by atoms with Crippen molar-refractivity contribution in [2.24, 2.45) is 5.10 Å². The Labute approximate surface area is 160 Å². The molecule has 3 aromatic rings. The Balaban J connectivity index is 1.58. The van der Waals surface area contributed by atoms with Crippen molar-refractivity contribution in [1.29, 1.82) is 0 Å². The van der Waals surface area contributed by atoms with E-state index < -0.39 is 6.04 Å². The van der Waals surface area contributed by atoms with Gasteiger partial charge in [0.2, 0.25) is 5.91 Å². The number of hydrazone groups is 1. The van der Waals surface area contributed by atoms with Crippen molar-refractivity contribution in [3.05, 3.63) is 59.3 Å². The van der Waals surface area contributed by atoms with Gasteiger partial charge >= 0.3 is 0 Å². The highest BCUT2D eigenvalue weighted by molar-refractivity contribution is 6.15. The molecule has 0 radical (unpaired) electrons. The number of H-pyrrole nitrogens is 1. The fourth-order valence-electron chi connectivity index (χ4n) is 3.29. The smallest absolute Gasteiger partial charge is 0.272 e. The van der Waals surface area contributed by atoms with Gasteiger partial charge in [0.1, 0.15) is 5.75 Å². The standard InChI is InChI=1S/C20H19N5O3/c1-21-17(6-11-2-4-14(26)5-3-11)20(28)24-13-7-15-18-12(9-22-16(18)8-13)10-23-25-19(15)27/h2-5,7-10,17,21-22,26H,6H2,1H3,(H,24,28)(H,25,27)/t17-/m1/s1. The van der Waals surface area contributed by atoms with Crippen LogP contribution in [0.3, 0.4) is 0 Å². The lowest BCUT2D eigenvalue weighted by Crippen LogP contribution is -2.40.